The Morgan fingerprint density at radius 3 is 2.93 bits per heavy atom. The van der Waals surface area contributed by atoms with Gasteiger partial charge < -0.3 is 20.3 Å². The quantitative estimate of drug-likeness (QED) is 0.355. The Kier molecular flexibility index (Phi) is 6.30. The van der Waals surface area contributed by atoms with Crippen LogP contribution in [0.5, 0.6) is 0 Å². The molecule has 3 aliphatic heterocycles. The molecule has 4 atom stereocenters. The highest BCUT2D eigenvalue weighted by atomic mass is 127. The molecule has 2 N–H and O–H groups in total. The Balaban J connectivity index is 0.00000210. The Morgan fingerprint density at radius 1 is 1.41 bits per heavy atom. The fraction of sp³-hybridized carbons (Fsp3) is 0.900. The number of fused-ring (bicyclic) bond motifs is 1. The van der Waals surface area contributed by atoms with Crippen LogP contribution in [-0.2, 0) is 9.53 Å². The van der Waals surface area contributed by atoms with E-state index in [1.165, 1.54) is 6.42 Å². The summed E-state index contributed by atoms with van der Waals surface area (Å²) in [6.45, 7) is 11.2. The molecule has 1 saturated carbocycles. The Morgan fingerprint density at radius 2 is 2.22 bits per heavy atom. The molecule has 0 radical (unpaired) electrons. The minimum atomic E-state index is 0. The van der Waals surface area contributed by atoms with Crippen molar-refractivity contribution in [2.75, 3.05) is 32.8 Å². The molecule has 0 aromatic heterocycles. The van der Waals surface area contributed by atoms with Gasteiger partial charge in [-0.15, -0.1) is 24.0 Å². The normalized spacial score (nSPS) is 37.9. The van der Waals surface area contributed by atoms with Gasteiger partial charge in [0.2, 0.25) is 5.91 Å². The van der Waals surface area contributed by atoms with Crippen LogP contribution in [0.25, 0.3) is 0 Å². The average molecular weight is 490 g/mol. The van der Waals surface area contributed by atoms with E-state index in [-0.39, 0.29) is 40.7 Å². The zero-order chi connectivity index (χ0) is 18.4. The van der Waals surface area contributed by atoms with Crippen LogP contribution in [0.15, 0.2) is 4.99 Å². The van der Waals surface area contributed by atoms with Gasteiger partial charge in [-0.3, -0.25) is 9.79 Å². The number of nitrogens with zero attached hydrogens (tertiary/aromatic N) is 2. The lowest BCUT2D eigenvalue weighted by Crippen LogP contribution is -2.71. The number of hydrogen-bond acceptors (Lipinski definition) is 3. The number of ether oxygens (including phenoxy) is 1. The number of rotatable bonds is 2. The predicted molar refractivity (Wildman–Crippen MR) is 117 cm³/mol. The van der Waals surface area contributed by atoms with E-state index in [0.29, 0.717) is 24.5 Å². The molecule has 4 unspecified atom stereocenters. The monoisotopic (exact) mass is 490 g/mol. The highest BCUT2D eigenvalue weighted by Gasteiger charge is 2.58. The first-order chi connectivity index (χ1) is 12.5. The molecular formula is C20H35IN4O2. The van der Waals surface area contributed by atoms with Crippen LogP contribution < -0.4 is 10.6 Å². The summed E-state index contributed by atoms with van der Waals surface area (Å²) >= 11 is 0. The molecule has 27 heavy (non-hydrogen) atoms. The molecule has 1 amide bonds. The van der Waals surface area contributed by atoms with Crippen molar-refractivity contribution in [2.24, 2.45) is 21.7 Å². The zero-order valence-electron chi connectivity index (χ0n) is 16.9. The topological polar surface area (TPSA) is 66.0 Å². The molecule has 154 valence electrons. The van der Waals surface area contributed by atoms with Crippen molar-refractivity contribution < 1.29 is 9.53 Å². The first kappa shape index (κ1) is 21.1. The second-order valence-electron chi connectivity index (χ2n) is 9.32. The Hall–Kier alpha value is -0.570. The summed E-state index contributed by atoms with van der Waals surface area (Å²) in [5.41, 5.74) is 0.231. The standard InChI is InChI=1S/C20H34N4O2.HI/c1-4-21-18(23-16-14-7-5-10-26-17(14)19(16,2)3)24-9-6-8-20(13-24)11-15(25)22-12-20;/h14,16-17H,4-13H2,1-3H3,(H,21,23)(H,22,25);1H. The number of hydrogen-bond donors (Lipinski definition) is 2. The summed E-state index contributed by atoms with van der Waals surface area (Å²) in [6.07, 6.45) is 5.71. The minimum Gasteiger partial charge on any atom is -0.377 e. The molecule has 3 heterocycles. The number of carbonyl (C=O) groups excluding carboxylic acids is 1. The minimum absolute atomic E-state index is 0. The smallest absolute Gasteiger partial charge is 0.220 e. The van der Waals surface area contributed by atoms with Crippen molar-refractivity contribution in [2.45, 2.75) is 65.0 Å². The van der Waals surface area contributed by atoms with Crippen molar-refractivity contribution in [3.8, 4) is 0 Å². The lowest BCUT2D eigenvalue weighted by molar-refractivity contribution is -0.188. The van der Waals surface area contributed by atoms with Crippen LogP contribution in [0.3, 0.4) is 0 Å². The van der Waals surface area contributed by atoms with Crippen molar-refractivity contribution in [3.05, 3.63) is 0 Å². The average Bonchev–Trinajstić information content (AvgIpc) is 2.98. The molecule has 4 aliphatic rings. The van der Waals surface area contributed by atoms with Gasteiger partial charge >= 0.3 is 0 Å². The van der Waals surface area contributed by atoms with Gasteiger partial charge in [0, 0.05) is 62.0 Å². The second-order valence-corrected chi connectivity index (χ2v) is 9.32. The summed E-state index contributed by atoms with van der Waals surface area (Å²) < 4.78 is 6.06. The molecule has 3 saturated heterocycles. The number of halogens is 1. The largest absolute Gasteiger partial charge is 0.377 e. The van der Waals surface area contributed by atoms with E-state index in [2.05, 4.69) is 36.3 Å². The van der Waals surface area contributed by atoms with Crippen LogP contribution >= 0.6 is 24.0 Å². The van der Waals surface area contributed by atoms with Crippen LogP contribution in [0.2, 0.25) is 0 Å². The van der Waals surface area contributed by atoms with Gasteiger partial charge in [0.25, 0.3) is 0 Å². The maximum absolute atomic E-state index is 11.8. The van der Waals surface area contributed by atoms with Gasteiger partial charge in [-0.1, -0.05) is 13.8 Å². The first-order valence-electron chi connectivity index (χ1n) is 10.4. The fourth-order valence-corrected chi connectivity index (χ4v) is 5.77. The molecule has 7 heteroatoms. The van der Waals surface area contributed by atoms with Gasteiger partial charge in [0.15, 0.2) is 5.96 Å². The molecule has 0 bridgehead atoms. The van der Waals surface area contributed by atoms with Gasteiger partial charge in [-0.25, -0.2) is 0 Å². The number of guanidine groups is 1. The summed E-state index contributed by atoms with van der Waals surface area (Å²) in [7, 11) is 0. The van der Waals surface area contributed by atoms with Crippen LogP contribution in [0.4, 0.5) is 0 Å². The van der Waals surface area contributed by atoms with Gasteiger partial charge in [0.1, 0.15) is 0 Å². The zero-order valence-corrected chi connectivity index (χ0v) is 19.3. The molecule has 6 nitrogen and oxygen atoms in total. The van der Waals surface area contributed by atoms with Crippen LogP contribution in [-0.4, -0.2) is 61.7 Å². The van der Waals surface area contributed by atoms with Gasteiger partial charge in [-0.2, -0.15) is 0 Å². The molecular weight excluding hydrogens is 455 g/mol. The molecule has 4 rings (SSSR count). The Labute approximate surface area is 180 Å². The van der Waals surface area contributed by atoms with Crippen LogP contribution in [0, 0.1) is 16.7 Å². The predicted octanol–water partition coefficient (Wildman–Crippen LogP) is 2.38. The first-order valence-corrected chi connectivity index (χ1v) is 10.4. The fourth-order valence-electron chi connectivity index (χ4n) is 5.77. The number of amides is 1. The van der Waals surface area contributed by atoms with Gasteiger partial charge in [-0.05, 0) is 32.6 Å². The Bertz CT molecular complexity index is 597. The SMILES string of the molecule is CCN=C(NC1C2CCCOC2C1(C)C)N1CCCC2(CNC(=O)C2)C1.I. The van der Waals surface area contributed by atoms with E-state index < -0.39 is 0 Å². The van der Waals surface area contributed by atoms with E-state index in [1.54, 1.807) is 0 Å². The lowest BCUT2D eigenvalue weighted by Gasteiger charge is -2.60. The van der Waals surface area contributed by atoms with Crippen molar-refractivity contribution in [1.29, 1.82) is 0 Å². The number of aliphatic imine (C=N–C) groups is 1. The number of likely N-dealkylation sites (tertiary alicyclic amines) is 1. The molecule has 0 aromatic carbocycles. The van der Waals surface area contributed by atoms with Crippen molar-refractivity contribution >= 4 is 35.8 Å². The third-order valence-electron chi connectivity index (χ3n) is 7.08. The summed E-state index contributed by atoms with van der Waals surface area (Å²) in [4.78, 5) is 19.0. The molecule has 1 aliphatic carbocycles. The van der Waals surface area contributed by atoms with Crippen LogP contribution in [0.1, 0.15) is 52.9 Å². The second kappa shape index (κ2) is 8.05. The van der Waals surface area contributed by atoms with E-state index in [4.69, 9.17) is 9.73 Å². The van der Waals surface area contributed by atoms with E-state index in [1.807, 2.05) is 0 Å². The maximum atomic E-state index is 11.8. The summed E-state index contributed by atoms with van der Waals surface area (Å²) in [6, 6.07) is 0.416. The van der Waals surface area contributed by atoms with E-state index in [0.717, 1.165) is 58.0 Å². The molecule has 0 aromatic rings. The van der Waals surface area contributed by atoms with E-state index >= 15 is 0 Å². The highest BCUT2D eigenvalue weighted by molar-refractivity contribution is 14.0. The molecule has 1 spiro atoms. The van der Waals surface area contributed by atoms with Gasteiger partial charge in [0.05, 0.1) is 6.10 Å². The number of piperidine rings is 1. The van der Waals surface area contributed by atoms with E-state index in [9.17, 15) is 4.79 Å². The summed E-state index contributed by atoms with van der Waals surface area (Å²) in [5, 5.41) is 6.86. The molecule has 4 fully saturated rings. The highest BCUT2D eigenvalue weighted by Crippen LogP contribution is 2.51. The summed E-state index contributed by atoms with van der Waals surface area (Å²) in [5.74, 6) is 1.83. The number of nitrogens with one attached hydrogen (secondary N) is 2. The third kappa shape index (κ3) is 3.82. The van der Waals surface area contributed by atoms with Crippen molar-refractivity contribution in [1.82, 2.24) is 15.5 Å². The van der Waals surface area contributed by atoms with Crippen molar-refractivity contribution in [3.63, 3.8) is 0 Å². The lowest BCUT2D eigenvalue weighted by atomic mass is 9.55. The third-order valence-corrected chi connectivity index (χ3v) is 7.08. The number of carbonyl (C=O) groups is 1. The maximum Gasteiger partial charge on any atom is 0.220 e.